The molecule has 2 aliphatic rings. The molecule has 11 heteroatoms. The number of amides is 2. The molecule has 2 atom stereocenters. The highest BCUT2D eigenvalue weighted by atomic mass is 19.3. The number of aliphatic carboxylic acids is 1. The monoisotopic (exact) mass is 494 g/mol. The fourth-order valence-electron chi connectivity index (χ4n) is 4.65. The Balaban J connectivity index is 1.46. The maximum Gasteiger partial charge on any atom is 0.407 e. The third-order valence-electron chi connectivity index (χ3n) is 6.19. The fourth-order valence-corrected chi connectivity index (χ4v) is 4.65. The van der Waals surface area contributed by atoms with Gasteiger partial charge in [0, 0.05) is 18.8 Å². The van der Waals surface area contributed by atoms with E-state index in [0.717, 1.165) is 22.3 Å². The Hall–Kier alpha value is -3.63. The van der Waals surface area contributed by atoms with Crippen LogP contribution in [0, 0.1) is 0 Å². The number of ether oxygens (including phenoxy) is 1. The number of fused-ring (bicyclic) bond motifs is 3. The molecule has 0 spiro atoms. The molecule has 1 aliphatic heterocycles. The first-order chi connectivity index (χ1) is 16.6. The number of carboxylic acids is 1. The van der Waals surface area contributed by atoms with E-state index >= 15 is 0 Å². The normalized spacial score (nSPS) is 19.2. The van der Waals surface area contributed by atoms with Gasteiger partial charge in [0.05, 0.1) is 6.54 Å². The maximum atomic E-state index is 13.8. The first-order valence-electron chi connectivity index (χ1n) is 10.9. The van der Waals surface area contributed by atoms with Crippen molar-refractivity contribution in [1.82, 2.24) is 10.2 Å². The van der Waals surface area contributed by atoms with Crippen molar-refractivity contribution < 1.29 is 41.8 Å². The highest BCUT2D eigenvalue weighted by Gasteiger charge is 2.51. The molecule has 0 bridgehead atoms. The molecule has 1 aliphatic carbocycles. The number of carbonyl (C=O) groups excluding carboxylic acids is 2. The second kappa shape index (κ2) is 9.55. The molecule has 2 amide bonds. The number of halogens is 4. The number of hydrogen-bond acceptors (Lipinski definition) is 4. The van der Waals surface area contributed by atoms with Crippen molar-refractivity contribution in [2.75, 3.05) is 13.2 Å². The van der Waals surface area contributed by atoms with E-state index in [1.807, 2.05) is 53.8 Å². The van der Waals surface area contributed by atoms with E-state index in [2.05, 4.69) is 0 Å². The third-order valence-corrected chi connectivity index (χ3v) is 6.19. The lowest BCUT2D eigenvalue weighted by Gasteiger charge is -2.26. The number of carbonyl (C=O) groups is 3. The first kappa shape index (κ1) is 24.5. The van der Waals surface area contributed by atoms with Crippen LogP contribution in [0.25, 0.3) is 11.1 Å². The summed E-state index contributed by atoms with van der Waals surface area (Å²) in [6, 6.07) is 11.2. The second-order valence-corrected chi connectivity index (χ2v) is 8.53. The van der Waals surface area contributed by atoms with Gasteiger partial charge in [-0.05, 0) is 22.3 Å². The minimum Gasteiger partial charge on any atom is -0.480 e. The van der Waals surface area contributed by atoms with Gasteiger partial charge >= 0.3 is 12.1 Å². The van der Waals surface area contributed by atoms with Crippen LogP contribution in [0.3, 0.4) is 0 Å². The van der Waals surface area contributed by atoms with E-state index in [1.54, 1.807) is 0 Å². The zero-order valence-electron chi connectivity index (χ0n) is 18.3. The minimum atomic E-state index is -3.49. The van der Waals surface area contributed by atoms with Crippen LogP contribution >= 0.6 is 0 Å². The van der Waals surface area contributed by atoms with Gasteiger partial charge in [-0.15, -0.1) is 0 Å². The fraction of sp³-hybridized carbons (Fsp3) is 0.375. The van der Waals surface area contributed by atoms with Gasteiger partial charge < -0.3 is 20.1 Å². The molecule has 35 heavy (non-hydrogen) atoms. The number of nitrogens with zero attached hydrogens (tertiary/aromatic N) is 1. The topological polar surface area (TPSA) is 95.9 Å². The van der Waals surface area contributed by atoms with Crippen molar-refractivity contribution in [2.45, 2.75) is 43.2 Å². The highest BCUT2D eigenvalue weighted by molar-refractivity contribution is 5.90. The zero-order valence-corrected chi connectivity index (χ0v) is 18.3. The number of benzene rings is 2. The second-order valence-electron chi connectivity index (χ2n) is 8.53. The molecular weight excluding hydrogens is 472 g/mol. The van der Waals surface area contributed by atoms with Crippen molar-refractivity contribution in [3.05, 3.63) is 59.7 Å². The summed E-state index contributed by atoms with van der Waals surface area (Å²) in [6.07, 6.45) is -6.58. The lowest BCUT2D eigenvalue weighted by Crippen LogP contribution is -2.52. The number of carboxylic acid groups (broad SMARTS) is 1. The van der Waals surface area contributed by atoms with Crippen LogP contribution in [0.5, 0.6) is 0 Å². The van der Waals surface area contributed by atoms with E-state index in [9.17, 15) is 37.1 Å². The van der Waals surface area contributed by atoms with Crippen LogP contribution < -0.4 is 5.32 Å². The Bertz CT molecular complexity index is 1100. The molecule has 186 valence electrons. The highest BCUT2D eigenvalue weighted by Crippen LogP contribution is 2.44. The molecule has 2 N–H and O–H groups in total. The van der Waals surface area contributed by atoms with Crippen LogP contribution in [-0.4, -0.2) is 65.6 Å². The van der Waals surface area contributed by atoms with Crippen LogP contribution in [0.2, 0.25) is 0 Å². The number of hydrogen-bond donors (Lipinski definition) is 2. The van der Waals surface area contributed by atoms with E-state index in [0.29, 0.717) is 4.90 Å². The summed E-state index contributed by atoms with van der Waals surface area (Å²) >= 11 is 0. The molecule has 0 saturated carbocycles. The maximum absolute atomic E-state index is 13.8. The summed E-state index contributed by atoms with van der Waals surface area (Å²) in [5.74, 6) is -6.83. The molecule has 1 saturated heterocycles. The summed E-state index contributed by atoms with van der Waals surface area (Å²) < 4.78 is 59.0. The molecule has 0 radical (unpaired) electrons. The molecule has 1 fully saturated rings. The van der Waals surface area contributed by atoms with Crippen molar-refractivity contribution in [1.29, 1.82) is 0 Å². The summed E-state index contributed by atoms with van der Waals surface area (Å²) in [5.41, 5.74) is 3.76. The summed E-state index contributed by atoms with van der Waals surface area (Å²) in [7, 11) is 0. The molecule has 2 aromatic rings. The van der Waals surface area contributed by atoms with Crippen molar-refractivity contribution in [3.8, 4) is 11.1 Å². The van der Waals surface area contributed by atoms with Crippen molar-refractivity contribution >= 4 is 18.0 Å². The van der Waals surface area contributed by atoms with Gasteiger partial charge in [-0.1, -0.05) is 48.5 Å². The number of nitrogens with one attached hydrogen (secondary N) is 1. The van der Waals surface area contributed by atoms with Gasteiger partial charge in [-0.3, -0.25) is 4.79 Å². The van der Waals surface area contributed by atoms with Crippen molar-refractivity contribution in [3.63, 3.8) is 0 Å². The molecule has 0 aromatic heterocycles. The predicted molar refractivity (Wildman–Crippen MR) is 115 cm³/mol. The average Bonchev–Trinajstić information content (AvgIpc) is 3.31. The van der Waals surface area contributed by atoms with E-state index < -0.39 is 61.8 Å². The van der Waals surface area contributed by atoms with E-state index in [-0.39, 0.29) is 12.5 Å². The lowest BCUT2D eigenvalue weighted by molar-refractivity contribution is -0.149. The molecule has 1 heterocycles. The average molecular weight is 494 g/mol. The van der Waals surface area contributed by atoms with Gasteiger partial charge in [-0.25, -0.2) is 27.2 Å². The third kappa shape index (κ3) is 5.08. The van der Waals surface area contributed by atoms with Gasteiger partial charge in [0.2, 0.25) is 12.3 Å². The van der Waals surface area contributed by atoms with E-state index in [1.165, 1.54) is 0 Å². The zero-order chi connectivity index (χ0) is 25.3. The summed E-state index contributed by atoms with van der Waals surface area (Å²) in [4.78, 5) is 36.9. The van der Waals surface area contributed by atoms with Gasteiger partial charge in [0.25, 0.3) is 5.92 Å². The molecule has 7 nitrogen and oxygen atoms in total. The van der Waals surface area contributed by atoms with Crippen LogP contribution in [0.1, 0.15) is 29.9 Å². The summed E-state index contributed by atoms with van der Waals surface area (Å²) in [5, 5.41) is 11.2. The number of rotatable bonds is 7. The van der Waals surface area contributed by atoms with Crippen molar-refractivity contribution in [2.24, 2.45) is 0 Å². The molecule has 2 aromatic carbocycles. The van der Waals surface area contributed by atoms with Crippen LogP contribution in [-0.2, 0) is 14.3 Å². The Kier molecular flexibility index (Phi) is 6.68. The predicted octanol–water partition coefficient (Wildman–Crippen LogP) is 3.87. The van der Waals surface area contributed by atoms with Crippen LogP contribution in [0.15, 0.2) is 48.5 Å². The van der Waals surface area contributed by atoms with Gasteiger partial charge in [-0.2, -0.15) is 0 Å². The Morgan fingerprint density at radius 2 is 1.63 bits per heavy atom. The van der Waals surface area contributed by atoms with Crippen LogP contribution in [0.4, 0.5) is 22.4 Å². The number of alkyl halides is 4. The molecule has 4 rings (SSSR count). The largest absolute Gasteiger partial charge is 0.480 e. The Morgan fingerprint density at radius 3 is 2.17 bits per heavy atom. The number of alkyl carbamates (subject to hydrolysis) is 1. The molecule has 2 unspecified atom stereocenters. The Labute approximate surface area is 197 Å². The van der Waals surface area contributed by atoms with Gasteiger partial charge in [0.15, 0.2) is 0 Å². The Morgan fingerprint density at radius 1 is 1.06 bits per heavy atom. The SMILES string of the molecule is O=C(NC(CC(F)F)C(=O)N1CC(F)(F)CC1C(=O)O)OCC1c2ccccc2-c2ccccc21. The smallest absolute Gasteiger partial charge is 0.407 e. The van der Waals surface area contributed by atoms with Gasteiger partial charge in [0.1, 0.15) is 18.7 Å². The quantitative estimate of drug-likeness (QED) is 0.570. The van der Waals surface area contributed by atoms with E-state index in [4.69, 9.17) is 4.74 Å². The number of likely N-dealkylation sites (tertiary alicyclic amines) is 1. The minimum absolute atomic E-state index is 0.158. The standard InChI is InChI=1S/C24H22F4N2O5/c25-20(26)9-18(21(31)30-12-24(27,28)10-19(30)22(32)33)29-23(34)35-11-17-15-7-3-1-5-13(15)14-6-2-4-8-16(14)17/h1-8,17-20H,9-12H2,(H,29,34)(H,32,33). The lowest BCUT2D eigenvalue weighted by atomic mass is 9.98. The summed E-state index contributed by atoms with van der Waals surface area (Å²) in [6.45, 7) is -1.40. The molecular formula is C24H22F4N2O5. The first-order valence-corrected chi connectivity index (χ1v) is 10.9.